The second-order valence-electron chi connectivity index (χ2n) is 9.68. The summed E-state index contributed by atoms with van der Waals surface area (Å²) in [6.07, 6.45) is 8.65. The van der Waals surface area contributed by atoms with Gasteiger partial charge in [0.2, 0.25) is 5.91 Å². The van der Waals surface area contributed by atoms with Gasteiger partial charge in [0.05, 0.1) is 24.7 Å². The molecule has 0 bridgehead atoms. The largest absolute Gasteiger partial charge is 0.492 e. The van der Waals surface area contributed by atoms with E-state index in [1.165, 1.54) is 6.20 Å². The van der Waals surface area contributed by atoms with Crippen molar-refractivity contribution in [1.82, 2.24) is 14.9 Å². The zero-order chi connectivity index (χ0) is 25.6. The maximum absolute atomic E-state index is 12.8. The lowest BCUT2D eigenvalue weighted by molar-refractivity contribution is -0.117. The number of carbonyl (C=O) groups excluding carboxylic acids is 2. The molecule has 1 aromatic carbocycles. The number of nitrogens with zero attached hydrogens (tertiary/aromatic N) is 3. The third kappa shape index (κ3) is 7.05. The summed E-state index contributed by atoms with van der Waals surface area (Å²) in [7, 11) is 0. The van der Waals surface area contributed by atoms with Crippen molar-refractivity contribution in [2.75, 3.05) is 30.3 Å². The lowest BCUT2D eigenvalue weighted by Gasteiger charge is -2.32. The minimum absolute atomic E-state index is 0.0506. The molecule has 3 aromatic rings. The Morgan fingerprint density at radius 3 is 2.62 bits per heavy atom. The summed E-state index contributed by atoms with van der Waals surface area (Å²) in [5, 5.41) is 6.43. The van der Waals surface area contributed by atoms with Crippen LogP contribution in [0.5, 0.6) is 5.75 Å². The molecule has 1 saturated carbocycles. The quantitative estimate of drug-likeness (QED) is 0.412. The number of carbonyl (C=O) groups is 2. The Morgan fingerprint density at radius 2 is 1.84 bits per heavy atom. The van der Waals surface area contributed by atoms with E-state index >= 15 is 0 Å². The van der Waals surface area contributed by atoms with Crippen molar-refractivity contribution in [3.8, 4) is 5.75 Å². The van der Waals surface area contributed by atoms with Gasteiger partial charge in [0.1, 0.15) is 11.6 Å². The van der Waals surface area contributed by atoms with Crippen molar-refractivity contribution in [2.24, 2.45) is 11.8 Å². The van der Waals surface area contributed by atoms with Crippen molar-refractivity contribution in [2.45, 2.75) is 32.2 Å². The summed E-state index contributed by atoms with van der Waals surface area (Å²) in [5.41, 5.74) is 2.10. The molecule has 2 N–H and O–H groups in total. The van der Waals surface area contributed by atoms with E-state index < -0.39 is 0 Å². The van der Waals surface area contributed by atoms with Crippen molar-refractivity contribution in [3.63, 3.8) is 0 Å². The maximum Gasteiger partial charge on any atom is 0.255 e. The predicted molar refractivity (Wildman–Crippen MR) is 143 cm³/mol. The minimum Gasteiger partial charge on any atom is -0.492 e. The van der Waals surface area contributed by atoms with Gasteiger partial charge in [-0.15, -0.1) is 0 Å². The van der Waals surface area contributed by atoms with E-state index in [-0.39, 0.29) is 17.7 Å². The molecule has 8 nitrogen and oxygen atoms in total. The highest BCUT2D eigenvalue weighted by Crippen LogP contribution is 2.30. The molecule has 0 radical (unpaired) electrons. The average Bonchev–Trinajstić information content (AvgIpc) is 3.76. The molecule has 192 valence electrons. The summed E-state index contributed by atoms with van der Waals surface area (Å²) in [5.74, 6) is 1.15. The van der Waals surface area contributed by atoms with Crippen molar-refractivity contribution in [1.29, 1.82) is 0 Å². The molecule has 0 spiro atoms. The number of halogens is 1. The van der Waals surface area contributed by atoms with E-state index in [0.29, 0.717) is 35.3 Å². The van der Waals surface area contributed by atoms with Crippen molar-refractivity contribution in [3.05, 3.63) is 77.2 Å². The van der Waals surface area contributed by atoms with Crippen molar-refractivity contribution >= 4 is 34.9 Å². The number of nitrogens with one attached hydrogen (secondary N) is 2. The first-order valence-corrected chi connectivity index (χ1v) is 13.0. The van der Waals surface area contributed by atoms with Crippen LogP contribution in [-0.2, 0) is 11.3 Å². The third-order valence-electron chi connectivity index (χ3n) is 6.74. The SMILES string of the molecule is O=C(Nc1cncc(OCC2CCN(Cc3ccccc3Cl)CC2)c1)c1ccnc(NC(=O)C2CC2)c1. The number of hydrogen-bond acceptors (Lipinski definition) is 6. The Morgan fingerprint density at radius 1 is 1.03 bits per heavy atom. The van der Waals surface area contributed by atoms with E-state index in [1.807, 2.05) is 18.2 Å². The van der Waals surface area contributed by atoms with Crippen LogP contribution in [0.15, 0.2) is 61.1 Å². The second kappa shape index (κ2) is 11.7. The van der Waals surface area contributed by atoms with Gasteiger partial charge in [0, 0.05) is 35.3 Å². The number of hydrogen-bond donors (Lipinski definition) is 2. The maximum atomic E-state index is 12.8. The van der Waals surface area contributed by atoms with E-state index in [1.54, 1.807) is 30.6 Å². The summed E-state index contributed by atoms with van der Waals surface area (Å²) < 4.78 is 6.03. The van der Waals surface area contributed by atoms with Gasteiger partial charge in [-0.3, -0.25) is 19.5 Å². The van der Waals surface area contributed by atoms with E-state index in [9.17, 15) is 9.59 Å². The van der Waals surface area contributed by atoms with Crippen LogP contribution in [0.1, 0.15) is 41.6 Å². The highest BCUT2D eigenvalue weighted by molar-refractivity contribution is 6.31. The summed E-state index contributed by atoms with van der Waals surface area (Å²) >= 11 is 6.31. The van der Waals surface area contributed by atoms with Gasteiger partial charge in [-0.25, -0.2) is 4.98 Å². The molecule has 5 rings (SSSR count). The second-order valence-corrected chi connectivity index (χ2v) is 10.1. The molecule has 37 heavy (non-hydrogen) atoms. The Labute approximate surface area is 221 Å². The molecule has 0 unspecified atom stereocenters. The Kier molecular flexibility index (Phi) is 7.96. The first-order valence-electron chi connectivity index (χ1n) is 12.7. The number of aromatic nitrogens is 2. The number of likely N-dealkylation sites (tertiary alicyclic amines) is 1. The van der Waals surface area contributed by atoms with Crippen molar-refractivity contribution < 1.29 is 14.3 Å². The first kappa shape index (κ1) is 25.2. The lowest BCUT2D eigenvalue weighted by Crippen LogP contribution is -2.35. The van der Waals surface area contributed by atoms with E-state index in [0.717, 1.165) is 55.9 Å². The van der Waals surface area contributed by atoms with Crippen LogP contribution >= 0.6 is 11.6 Å². The molecule has 3 heterocycles. The monoisotopic (exact) mass is 519 g/mol. The zero-order valence-corrected chi connectivity index (χ0v) is 21.3. The molecule has 1 saturated heterocycles. The van der Waals surface area contributed by atoms with Crippen LogP contribution in [0.25, 0.3) is 0 Å². The van der Waals surface area contributed by atoms with E-state index in [2.05, 4.69) is 31.6 Å². The molecule has 2 aliphatic rings. The third-order valence-corrected chi connectivity index (χ3v) is 7.11. The van der Waals surface area contributed by atoms with Gasteiger partial charge < -0.3 is 15.4 Å². The van der Waals surface area contributed by atoms with Gasteiger partial charge in [-0.1, -0.05) is 29.8 Å². The number of rotatable bonds is 9. The molecule has 2 fully saturated rings. The number of amides is 2. The van der Waals surface area contributed by atoms with Gasteiger partial charge in [-0.2, -0.15) is 0 Å². The Hall–Kier alpha value is -3.49. The van der Waals surface area contributed by atoms with Crippen LogP contribution in [0.4, 0.5) is 11.5 Å². The number of benzene rings is 1. The summed E-state index contributed by atoms with van der Waals surface area (Å²) in [4.78, 5) is 35.5. The number of ether oxygens (including phenoxy) is 1. The minimum atomic E-state index is -0.311. The predicted octanol–water partition coefficient (Wildman–Crippen LogP) is 5.02. The van der Waals surface area contributed by atoms with Gasteiger partial charge in [-0.05, 0) is 68.5 Å². The molecule has 1 aliphatic heterocycles. The van der Waals surface area contributed by atoms with Gasteiger partial charge in [0.15, 0.2) is 0 Å². The number of anilines is 2. The average molecular weight is 520 g/mol. The number of piperidine rings is 1. The Balaban J connectivity index is 1.09. The topological polar surface area (TPSA) is 96.4 Å². The standard InChI is InChI=1S/C28H30ClN5O3/c29-25-4-2-1-3-22(25)17-34-11-8-19(9-12-34)18-37-24-14-23(15-30-16-24)32-28(36)21-7-10-31-26(13-21)33-27(35)20-5-6-20/h1-4,7,10,13-16,19-20H,5-6,8-9,11-12,17-18H2,(H,32,36)(H,31,33,35). The normalized spacial score (nSPS) is 16.2. The Bertz CT molecular complexity index is 1260. The summed E-state index contributed by atoms with van der Waals surface area (Å²) in [6.45, 7) is 3.48. The van der Waals surface area contributed by atoms with Crippen LogP contribution < -0.4 is 15.4 Å². The number of pyridine rings is 2. The van der Waals surface area contributed by atoms with E-state index in [4.69, 9.17) is 16.3 Å². The molecule has 2 amide bonds. The fraction of sp³-hybridized carbons (Fsp3) is 0.357. The lowest BCUT2D eigenvalue weighted by atomic mass is 9.97. The highest BCUT2D eigenvalue weighted by atomic mass is 35.5. The fourth-order valence-corrected chi connectivity index (χ4v) is 4.57. The van der Waals surface area contributed by atoms with Gasteiger partial charge in [0.25, 0.3) is 5.91 Å². The van der Waals surface area contributed by atoms with Crippen LogP contribution in [-0.4, -0.2) is 46.4 Å². The highest BCUT2D eigenvalue weighted by Gasteiger charge is 2.30. The van der Waals surface area contributed by atoms with Crippen LogP contribution in [0, 0.1) is 11.8 Å². The molecular formula is C28H30ClN5O3. The zero-order valence-electron chi connectivity index (χ0n) is 20.5. The molecule has 9 heteroatoms. The fourth-order valence-electron chi connectivity index (χ4n) is 4.38. The van der Waals surface area contributed by atoms with Crippen LogP contribution in [0.2, 0.25) is 5.02 Å². The molecule has 0 atom stereocenters. The molecule has 1 aliphatic carbocycles. The smallest absolute Gasteiger partial charge is 0.255 e. The first-order chi connectivity index (χ1) is 18.0. The summed E-state index contributed by atoms with van der Waals surface area (Å²) in [6, 6.07) is 12.9. The molecule has 2 aromatic heterocycles. The van der Waals surface area contributed by atoms with Crippen LogP contribution in [0.3, 0.4) is 0 Å². The van der Waals surface area contributed by atoms with Gasteiger partial charge >= 0.3 is 0 Å². The molecular weight excluding hydrogens is 490 g/mol.